The van der Waals surface area contributed by atoms with E-state index in [4.69, 9.17) is 5.73 Å². The van der Waals surface area contributed by atoms with Crippen molar-refractivity contribution in [2.45, 2.75) is 71.3 Å². The third kappa shape index (κ3) is 3.62. The summed E-state index contributed by atoms with van der Waals surface area (Å²) in [5.74, 6) is 1.24. The van der Waals surface area contributed by atoms with Crippen LogP contribution >= 0.6 is 11.8 Å². The molecule has 1 aliphatic rings. The summed E-state index contributed by atoms with van der Waals surface area (Å²) in [5.41, 5.74) is 6.65. The Hall–Kier alpha value is 0.270. The van der Waals surface area contributed by atoms with Gasteiger partial charge in [0.1, 0.15) is 0 Å². The maximum atomic E-state index is 6.39. The van der Waals surface area contributed by atoms with Crippen molar-refractivity contribution in [3.05, 3.63) is 0 Å². The van der Waals surface area contributed by atoms with Gasteiger partial charge in [-0.3, -0.25) is 4.90 Å². The number of thioether (sulfide) groups is 1. The summed E-state index contributed by atoms with van der Waals surface area (Å²) < 4.78 is 0. The third-order valence-electron chi connectivity index (χ3n) is 4.05. The van der Waals surface area contributed by atoms with Crippen LogP contribution in [0.4, 0.5) is 0 Å². The van der Waals surface area contributed by atoms with Gasteiger partial charge in [0.15, 0.2) is 0 Å². The van der Waals surface area contributed by atoms with Crippen molar-refractivity contribution in [3.8, 4) is 0 Å². The molecular formula is C14H30N2S. The Labute approximate surface area is 112 Å². The molecule has 1 rings (SSSR count). The monoisotopic (exact) mass is 258 g/mol. The van der Waals surface area contributed by atoms with Crippen LogP contribution in [0.5, 0.6) is 0 Å². The molecule has 2 nitrogen and oxygen atoms in total. The lowest BCUT2D eigenvalue weighted by Crippen LogP contribution is -2.60. The molecule has 0 bridgehead atoms. The van der Waals surface area contributed by atoms with E-state index in [0.29, 0.717) is 12.1 Å². The summed E-state index contributed by atoms with van der Waals surface area (Å²) in [6.07, 6.45) is 1.06. The summed E-state index contributed by atoms with van der Waals surface area (Å²) in [7, 11) is 0. The first kappa shape index (κ1) is 15.3. The smallest absolute Gasteiger partial charge is 0.0299 e. The van der Waals surface area contributed by atoms with Gasteiger partial charge in [0.05, 0.1) is 0 Å². The minimum atomic E-state index is 0.255. The Balaban J connectivity index is 2.89. The largest absolute Gasteiger partial charge is 0.326 e. The van der Waals surface area contributed by atoms with Crippen LogP contribution in [0.25, 0.3) is 0 Å². The lowest BCUT2D eigenvalue weighted by molar-refractivity contribution is 0.0475. The van der Waals surface area contributed by atoms with Gasteiger partial charge in [-0.2, -0.15) is 11.8 Å². The van der Waals surface area contributed by atoms with Gasteiger partial charge in [0.2, 0.25) is 0 Å². The molecule has 0 aromatic carbocycles. The molecule has 102 valence electrons. The van der Waals surface area contributed by atoms with Crippen LogP contribution in [0.15, 0.2) is 0 Å². The third-order valence-corrected chi connectivity index (χ3v) is 5.39. The van der Waals surface area contributed by atoms with Gasteiger partial charge in [0.25, 0.3) is 0 Å². The molecule has 4 unspecified atom stereocenters. The van der Waals surface area contributed by atoms with Crippen molar-refractivity contribution in [1.29, 1.82) is 0 Å². The lowest BCUT2D eigenvalue weighted by atomic mass is 9.79. The Morgan fingerprint density at radius 2 is 1.94 bits per heavy atom. The van der Waals surface area contributed by atoms with Crippen LogP contribution in [0.2, 0.25) is 0 Å². The molecule has 0 aliphatic carbocycles. The zero-order valence-corrected chi connectivity index (χ0v) is 13.2. The fourth-order valence-corrected chi connectivity index (χ4v) is 4.08. The van der Waals surface area contributed by atoms with Crippen LogP contribution in [0.3, 0.4) is 0 Å². The van der Waals surface area contributed by atoms with Gasteiger partial charge in [-0.05, 0) is 18.8 Å². The van der Waals surface area contributed by atoms with Gasteiger partial charge in [-0.25, -0.2) is 0 Å². The number of nitrogens with two attached hydrogens (primary N) is 1. The Kier molecular flexibility index (Phi) is 5.36. The van der Waals surface area contributed by atoms with Crippen LogP contribution in [0.1, 0.15) is 48.0 Å². The molecule has 3 heteroatoms. The summed E-state index contributed by atoms with van der Waals surface area (Å²) >= 11 is 2.09. The molecule has 17 heavy (non-hydrogen) atoms. The summed E-state index contributed by atoms with van der Waals surface area (Å²) in [5, 5.41) is 0.720. The van der Waals surface area contributed by atoms with Gasteiger partial charge >= 0.3 is 0 Å². The number of rotatable bonds is 3. The van der Waals surface area contributed by atoms with E-state index in [9.17, 15) is 0 Å². The summed E-state index contributed by atoms with van der Waals surface area (Å²) in [6.45, 7) is 15.1. The molecule has 4 atom stereocenters. The van der Waals surface area contributed by atoms with E-state index in [0.717, 1.165) is 11.7 Å². The van der Waals surface area contributed by atoms with Crippen molar-refractivity contribution in [2.24, 2.45) is 11.1 Å². The molecule has 0 amide bonds. The molecule has 1 fully saturated rings. The van der Waals surface area contributed by atoms with Crippen LogP contribution < -0.4 is 5.73 Å². The molecule has 1 aliphatic heterocycles. The minimum absolute atomic E-state index is 0.255. The van der Waals surface area contributed by atoms with Crippen molar-refractivity contribution in [1.82, 2.24) is 4.90 Å². The zero-order chi connectivity index (χ0) is 13.2. The predicted molar refractivity (Wildman–Crippen MR) is 79.6 cm³/mol. The Morgan fingerprint density at radius 3 is 2.41 bits per heavy atom. The van der Waals surface area contributed by atoms with Crippen molar-refractivity contribution in [3.63, 3.8) is 0 Å². The molecule has 0 saturated carbocycles. The molecule has 1 heterocycles. The highest BCUT2D eigenvalue weighted by molar-refractivity contribution is 8.00. The Bertz CT molecular complexity index is 237. The van der Waals surface area contributed by atoms with E-state index >= 15 is 0 Å². The van der Waals surface area contributed by atoms with Gasteiger partial charge in [-0.15, -0.1) is 0 Å². The molecule has 0 radical (unpaired) electrons. The van der Waals surface area contributed by atoms with Crippen molar-refractivity contribution >= 4 is 11.8 Å². The SMILES string of the molecule is CCC(N)C(N1CCSC(C)C1C)C(C)(C)C. The van der Waals surface area contributed by atoms with Crippen LogP contribution in [-0.2, 0) is 0 Å². The molecule has 2 N–H and O–H groups in total. The van der Waals surface area contributed by atoms with E-state index in [-0.39, 0.29) is 11.5 Å². The second kappa shape index (κ2) is 5.94. The fourth-order valence-electron chi connectivity index (χ4n) is 2.96. The highest BCUT2D eigenvalue weighted by Gasteiger charge is 2.39. The molecule has 0 spiro atoms. The van der Waals surface area contributed by atoms with Crippen molar-refractivity contribution in [2.75, 3.05) is 12.3 Å². The van der Waals surface area contributed by atoms with E-state index in [1.165, 1.54) is 12.3 Å². The van der Waals surface area contributed by atoms with Crippen LogP contribution in [0, 0.1) is 5.41 Å². The second-order valence-corrected chi connectivity index (χ2v) is 7.92. The second-order valence-electron chi connectivity index (χ2n) is 6.44. The quantitative estimate of drug-likeness (QED) is 0.844. The predicted octanol–water partition coefficient (Wildman–Crippen LogP) is 2.96. The first-order chi connectivity index (χ1) is 7.79. The van der Waals surface area contributed by atoms with Crippen molar-refractivity contribution < 1.29 is 0 Å². The minimum Gasteiger partial charge on any atom is -0.326 e. The average Bonchev–Trinajstić information content (AvgIpc) is 2.22. The van der Waals surface area contributed by atoms with Gasteiger partial charge in [0, 0.05) is 35.7 Å². The fraction of sp³-hybridized carbons (Fsp3) is 1.00. The number of hydrogen-bond donors (Lipinski definition) is 1. The average molecular weight is 258 g/mol. The normalized spacial score (nSPS) is 31.2. The molecule has 1 saturated heterocycles. The Morgan fingerprint density at radius 1 is 1.35 bits per heavy atom. The van der Waals surface area contributed by atoms with E-state index in [2.05, 4.69) is 58.2 Å². The summed E-state index contributed by atoms with van der Waals surface area (Å²) in [4.78, 5) is 2.66. The van der Waals surface area contributed by atoms with Gasteiger partial charge in [-0.1, -0.05) is 34.6 Å². The lowest BCUT2D eigenvalue weighted by Gasteiger charge is -2.49. The standard InChI is InChI=1S/C14H30N2S/c1-7-12(15)13(14(4,5)6)16-8-9-17-11(3)10(16)2/h10-13H,7-9,15H2,1-6H3. The van der Waals surface area contributed by atoms with E-state index in [1.807, 2.05) is 0 Å². The highest BCUT2D eigenvalue weighted by Crippen LogP contribution is 2.34. The van der Waals surface area contributed by atoms with E-state index < -0.39 is 0 Å². The topological polar surface area (TPSA) is 29.3 Å². The first-order valence-corrected chi connectivity index (χ1v) is 7.96. The molecule has 0 aromatic heterocycles. The zero-order valence-electron chi connectivity index (χ0n) is 12.4. The number of nitrogens with zero attached hydrogens (tertiary/aromatic N) is 1. The molecule has 0 aromatic rings. The molecular weight excluding hydrogens is 228 g/mol. The maximum absolute atomic E-state index is 6.39. The maximum Gasteiger partial charge on any atom is 0.0299 e. The van der Waals surface area contributed by atoms with E-state index in [1.54, 1.807) is 0 Å². The van der Waals surface area contributed by atoms with Gasteiger partial charge < -0.3 is 5.73 Å². The summed E-state index contributed by atoms with van der Waals surface area (Å²) in [6, 6.07) is 1.41. The van der Waals surface area contributed by atoms with Crippen LogP contribution in [-0.4, -0.2) is 40.6 Å². The number of hydrogen-bond acceptors (Lipinski definition) is 3. The first-order valence-electron chi connectivity index (χ1n) is 6.92. The highest BCUT2D eigenvalue weighted by atomic mass is 32.2.